The molecule has 0 unspecified atom stereocenters. The van der Waals surface area contributed by atoms with Gasteiger partial charge in [0.2, 0.25) is 5.91 Å². The summed E-state index contributed by atoms with van der Waals surface area (Å²) in [7, 11) is 0. The minimum Gasteiger partial charge on any atom is -0.398 e. The van der Waals surface area contributed by atoms with Crippen molar-refractivity contribution in [3.05, 3.63) is 66.7 Å². The molecule has 9 heteroatoms. The Balaban J connectivity index is 0.000000277. The maximum atomic E-state index is 10.9. The quantitative estimate of drug-likeness (QED) is 0.473. The Morgan fingerprint density at radius 2 is 1.30 bits per heavy atom. The summed E-state index contributed by atoms with van der Waals surface area (Å²) in [4.78, 5) is 31.1. The number of nitrogen functional groups attached to an aromatic ring is 1. The lowest BCUT2D eigenvalue weighted by Gasteiger charge is -2.07. The molecular weight excluding hydrogens is 352 g/mol. The molecule has 27 heavy (non-hydrogen) atoms. The van der Waals surface area contributed by atoms with Crippen molar-refractivity contribution in [2.75, 3.05) is 11.1 Å². The molecule has 2 aromatic rings. The third kappa shape index (κ3) is 5.77. The van der Waals surface area contributed by atoms with Gasteiger partial charge in [0.1, 0.15) is 0 Å². The third-order valence-electron chi connectivity index (χ3n) is 3.83. The van der Waals surface area contributed by atoms with Crippen LogP contribution in [0.3, 0.4) is 0 Å². The van der Waals surface area contributed by atoms with Gasteiger partial charge in [-0.3, -0.25) is 25.0 Å². The van der Waals surface area contributed by atoms with Gasteiger partial charge in [0, 0.05) is 35.9 Å². The van der Waals surface area contributed by atoms with Gasteiger partial charge in [0.25, 0.3) is 11.4 Å². The van der Waals surface area contributed by atoms with E-state index < -0.39 is 9.85 Å². The van der Waals surface area contributed by atoms with E-state index in [-0.39, 0.29) is 17.3 Å². The Labute approximate surface area is 156 Å². The van der Waals surface area contributed by atoms with Gasteiger partial charge in [-0.2, -0.15) is 0 Å². The largest absolute Gasteiger partial charge is 0.398 e. The topological polar surface area (TPSA) is 141 Å². The van der Waals surface area contributed by atoms with Crippen LogP contribution in [0.5, 0.6) is 0 Å². The monoisotopic (exact) mass is 374 g/mol. The number of nitro groups is 2. The van der Waals surface area contributed by atoms with Crippen molar-refractivity contribution in [1.82, 2.24) is 0 Å². The van der Waals surface area contributed by atoms with Crippen LogP contribution >= 0.6 is 0 Å². The molecule has 0 bridgehead atoms. The number of aryl methyl sites for hydroxylation is 4. The Morgan fingerprint density at radius 3 is 1.74 bits per heavy atom. The van der Waals surface area contributed by atoms with E-state index in [1.54, 1.807) is 32.9 Å². The number of amides is 1. The fourth-order valence-corrected chi connectivity index (χ4v) is 2.42. The highest BCUT2D eigenvalue weighted by atomic mass is 16.6. The minimum absolute atomic E-state index is 0.0179. The van der Waals surface area contributed by atoms with Gasteiger partial charge in [0.05, 0.1) is 15.5 Å². The number of hydrogen-bond acceptors (Lipinski definition) is 6. The lowest BCUT2D eigenvalue weighted by molar-refractivity contribution is -0.385. The number of nitrogens with two attached hydrogens (primary N) is 1. The fourth-order valence-electron chi connectivity index (χ4n) is 2.42. The van der Waals surface area contributed by atoms with E-state index in [1.807, 2.05) is 6.92 Å². The summed E-state index contributed by atoms with van der Waals surface area (Å²) in [6.45, 7) is 8.35. The first-order valence-corrected chi connectivity index (χ1v) is 7.98. The number of nitro benzene ring substituents is 2. The lowest BCUT2D eigenvalue weighted by Crippen LogP contribution is -2.08. The highest BCUT2D eigenvalue weighted by molar-refractivity contribution is 5.90. The van der Waals surface area contributed by atoms with E-state index >= 15 is 0 Å². The number of nitrogens with one attached hydrogen (secondary N) is 1. The Morgan fingerprint density at radius 1 is 0.852 bits per heavy atom. The van der Waals surface area contributed by atoms with Gasteiger partial charge in [-0.1, -0.05) is 0 Å². The summed E-state index contributed by atoms with van der Waals surface area (Å²) in [6.07, 6.45) is 0. The highest BCUT2D eigenvalue weighted by Gasteiger charge is 2.14. The molecule has 144 valence electrons. The van der Waals surface area contributed by atoms with Crippen LogP contribution in [0, 0.1) is 47.9 Å². The zero-order chi connectivity index (χ0) is 20.9. The molecule has 2 aromatic carbocycles. The second-order valence-electron chi connectivity index (χ2n) is 6.14. The van der Waals surface area contributed by atoms with Crippen molar-refractivity contribution < 1.29 is 14.6 Å². The summed E-state index contributed by atoms with van der Waals surface area (Å²) in [5.74, 6) is -0.240. The minimum atomic E-state index is -0.458. The van der Waals surface area contributed by atoms with E-state index in [9.17, 15) is 25.0 Å². The maximum Gasteiger partial charge on any atom is 0.274 e. The summed E-state index contributed by atoms with van der Waals surface area (Å²) in [5.41, 5.74) is 9.49. The van der Waals surface area contributed by atoms with E-state index in [4.69, 9.17) is 5.73 Å². The van der Waals surface area contributed by atoms with Gasteiger partial charge >= 0.3 is 0 Å². The zero-order valence-electron chi connectivity index (χ0n) is 15.8. The maximum absolute atomic E-state index is 10.9. The number of hydrogen-bond donors (Lipinski definition) is 2. The van der Waals surface area contributed by atoms with Crippen LogP contribution in [0.25, 0.3) is 0 Å². The molecule has 0 fully saturated rings. The highest BCUT2D eigenvalue weighted by Crippen LogP contribution is 2.26. The molecule has 1 amide bonds. The van der Waals surface area contributed by atoms with Gasteiger partial charge in [-0.15, -0.1) is 0 Å². The molecule has 0 radical (unpaired) electrons. The van der Waals surface area contributed by atoms with Crippen LogP contribution in [-0.2, 0) is 4.79 Å². The fraction of sp³-hybridized carbons (Fsp3) is 0.278. The second kappa shape index (κ2) is 8.75. The van der Waals surface area contributed by atoms with Crippen LogP contribution in [0.4, 0.5) is 22.7 Å². The number of carbonyl (C=O) groups is 1. The van der Waals surface area contributed by atoms with E-state index in [0.29, 0.717) is 22.5 Å². The van der Waals surface area contributed by atoms with Crippen molar-refractivity contribution in [2.45, 2.75) is 34.6 Å². The SMILES string of the molecule is CC(=O)Nc1cc([N+](=O)[O-])c(C)cc1C.Cc1cc(C)c([N+](=O)[O-])cc1N. The summed E-state index contributed by atoms with van der Waals surface area (Å²) < 4.78 is 0. The molecule has 0 aliphatic rings. The van der Waals surface area contributed by atoms with Crippen molar-refractivity contribution in [3.8, 4) is 0 Å². The summed E-state index contributed by atoms with van der Waals surface area (Å²) >= 11 is 0. The summed E-state index contributed by atoms with van der Waals surface area (Å²) in [6, 6.07) is 6.17. The molecule has 0 atom stereocenters. The smallest absolute Gasteiger partial charge is 0.274 e. The summed E-state index contributed by atoms with van der Waals surface area (Å²) in [5, 5.41) is 23.7. The van der Waals surface area contributed by atoms with Crippen molar-refractivity contribution in [3.63, 3.8) is 0 Å². The Kier molecular flexibility index (Phi) is 6.98. The van der Waals surface area contributed by atoms with E-state index in [1.165, 1.54) is 19.1 Å². The molecule has 0 saturated heterocycles. The predicted octanol–water partition coefficient (Wildman–Crippen LogP) is 3.96. The van der Waals surface area contributed by atoms with Gasteiger partial charge in [-0.25, -0.2) is 0 Å². The number of benzene rings is 2. The standard InChI is InChI=1S/C10H12N2O3.C8H10N2O2/c1-6-4-7(2)10(12(14)15)5-9(6)11-8(3)13;1-5-3-6(2)8(10(11)12)4-7(5)9/h4-5H,1-3H3,(H,11,13);3-4H,9H2,1-2H3. The molecule has 0 saturated carbocycles. The number of rotatable bonds is 3. The number of carbonyl (C=O) groups excluding carboxylic acids is 1. The lowest BCUT2D eigenvalue weighted by atomic mass is 10.1. The molecule has 0 aromatic heterocycles. The average molecular weight is 374 g/mol. The van der Waals surface area contributed by atoms with Gasteiger partial charge < -0.3 is 11.1 Å². The molecule has 0 spiro atoms. The third-order valence-corrected chi connectivity index (χ3v) is 3.83. The molecule has 0 heterocycles. The Bertz CT molecular complexity index is 909. The molecule has 2 rings (SSSR count). The van der Waals surface area contributed by atoms with Crippen LogP contribution in [-0.4, -0.2) is 15.8 Å². The first-order chi connectivity index (χ1) is 12.4. The zero-order valence-corrected chi connectivity index (χ0v) is 15.8. The van der Waals surface area contributed by atoms with Crippen LogP contribution in [0.15, 0.2) is 24.3 Å². The second-order valence-corrected chi connectivity index (χ2v) is 6.14. The van der Waals surface area contributed by atoms with Crippen molar-refractivity contribution in [1.29, 1.82) is 0 Å². The van der Waals surface area contributed by atoms with Gasteiger partial charge in [0.15, 0.2) is 0 Å². The number of anilines is 2. The molecule has 3 N–H and O–H groups in total. The van der Waals surface area contributed by atoms with Crippen molar-refractivity contribution >= 4 is 28.7 Å². The normalized spacial score (nSPS) is 9.81. The molecule has 0 aliphatic carbocycles. The molecule has 0 aliphatic heterocycles. The van der Waals surface area contributed by atoms with E-state index in [0.717, 1.165) is 11.1 Å². The predicted molar refractivity (Wildman–Crippen MR) is 104 cm³/mol. The van der Waals surface area contributed by atoms with Gasteiger partial charge in [-0.05, 0) is 51.0 Å². The molecule has 9 nitrogen and oxygen atoms in total. The molecular formula is C18H22N4O5. The first kappa shape index (κ1) is 21.6. The Hall–Kier alpha value is -3.49. The van der Waals surface area contributed by atoms with Crippen LogP contribution < -0.4 is 11.1 Å². The number of nitrogens with zero attached hydrogens (tertiary/aromatic N) is 2. The van der Waals surface area contributed by atoms with Crippen LogP contribution in [0.1, 0.15) is 29.2 Å². The average Bonchev–Trinajstić information content (AvgIpc) is 2.53. The van der Waals surface area contributed by atoms with Crippen LogP contribution in [0.2, 0.25) is 0 Å². The first-order valence-electron chi connectivity index (χ1n) is 7.98. The van der Waals surface area contributed by atoms with E-state index in [2.05, 4.69) is 5.32 Å². The van der Waals surface area contributed by atoms with Crippen molar-refractivity contribution in [2.24, 2.45) is 0 Å².